The quantitative estimate of drug-likeness (QED) is 0.321. The third-order valence-electron chi connectivity index (χ3n) is 7.17. The van der Waals surface area contributed by atoms with E-state index in [1.165, 1.54) is 16.9 Å². The molecule has 11 heteroatoms. The summed E-state index contributed by atoms with van der Waals surface area (Å²) < 4.78 is 44.9. The molecule has 2 aromatic carbocycles. The van der Waals surface area contributed by atoms with E-state index in [4.69, 9.17) is 4.74 Å². The van der Waals surface area contributed by atoms with E-state index >= 15 is 0 Å². The summed E-state index contributed by atoms with van der Waals surface area (Å²) in [6.45, 7) is 1.94. The minimum Gasteiger partial charge on any atom is -0.383 e. The standard InChI is InChI=1S/C28H26F3N5O2S/c29-28(30,31)24-9-10-32-26(35-24)34-20-8-4-7-19(11-20)23-14-33-25(39-23)27(37)12-21-16-38-17-22(13-27)36(21)15-18-5-2-1-3-6-18/h1-11,14,21-22,37H,12-13,15-17H2,(H,32,34,35). The number of thiazole rings is 1. The number of piperidine rings is 1. The van der Waals surface area contributed by atoms with Crippen LogP contribution in [0.5, 0.6) is 0 Å². The Morgan fingerprint density at radius 2 is 1.79 bits per heavy atom. The number of halogens is 3. The maximum atomic E-state index is 13.0. The average Bonchev–Trinajstić information content (AvgIpc) is 3.42. The Morgan fingerprint density at radius 1 is 1.03 bits per heavy atom. The smallest absolute Gasteiger partial charge is 0.383 e. The molecule has 2 atom stereocenters. The van der Waals surface area contributed by atoms with Gasteiger partial charge in [-0.3, -0.25) is 4.90 Å². The number of alkyl halides is 3. The van der Waals surface area contributed by atoms with Gasteiger partial charge >= 0.3 is 6.18 Å². The fourth-order valence-corrected chi connectivity index (χ4v) is 6.37. The van der Waals surface area contributed by atoms with Gasteiger partial charge in [0, 0.05) is 49.6 Å². The van der Waals surface area contributed by atoms with Crippen molar-refractivity contribution in [2.24, 2.45) is 0 Å². The molecule has 0 amide bonds. The van der Waals surface area contributed by atoms with Gasteiger partial charge in [-0.25, -0.2) is 15.0 Å². The second kappa shape index (κ2) is 10.3. The number of anilines is 2. The summed E-state index contributed by atoms with van der Waals surface area (Å²) in [5.41, 5.74) is 0.532. The maximum absolute atomic E-state index is 13.0. The lowest BCUT2D eigenvalue weighted by molar-refractivity contribution is -0.149. The summed E-state index contributed by atoms with van der Waals surface area (Å²) >= 11 is 1.43. The SMILES string of the molecule is OC1(c2ncc(-c3cccc(Nc4nccc(C(F)(F)F)n4)c3)s2)CC2COCC(C1)N2Cc1ccccc1. The number of hydrogen-bond donors (Lipinski definition) is 2. The molecule has 0 saturated carbocycles. The van der Waals surface area contributed by atoms with Crippen LogP contribution in [0.2, 0.25) is 0 Å². The molecule has 4 aromatic rings. The third-order valence-corrected chi connectivity index (χ3v) is 8.41. The summed E-state index contributed by atoms with van der Waals surface area (Å²) in [5, 5.41) is 15.3. The van der Waals surface area contributed by atoms with Gasteiger partial charge in [-0.05, 0) is 29.3 Å². The molecule has 202 valence electrons. The number of benzene rings is 2. The fraction of sp³-hybridized carbons (Fsp3) is 0.321. The van der Waals surface area contributed by atoms with E-state index in [0.29, 0.717) is 36.8 Å². The highest BCUT2D eigenvalue weighted by Crippen LogP contribution is 2.44. The van der Waals surface area contributed by atoms with Gasteiger partial charge in [0.25, 0.3) is 0 Å². The van der Waals surface area contributed by atoms with Crippen molar-refractivity contribution in [2.45, 2.75) is 43.2 Å². The van der Waals surface area contributed by atoms with Crippen LogP contribution >= 0.6 is 11.3 Å². The highest BCUT2D eigenvalue weighted by Gasteiger charge is 2.48. The molecular formula is C28H26F3N5O2S. The number of aromatic nitrogens is 3. The van der Waals surface area contributed by atoms with Gasteiger partial charge in [0.05, 0.1) is 18.1 Å². The summed E-state index contributed by atoms with van der Waals surface area (Å²) in [5.74, 6) is -0.141. The molecule has 2 aliphatic heterocycles. The minimum atomic E-state index is -4.55. The molecule has 2 N–H and O–H groups in total. The number of hydrogen-bond acceptors (Lipinski definition) is 8. The van der Waals surface area contributed by atoms with Crippen molar-refractivity contribution in [3.8, 4) is 10.4 Å². The lowest BCUT2D eigenvalue weighted by atomic mass is 9.81. The van der Waals surface area contributed by atoms with Gasteiger partial charge in [-0.2, -0.15) is 13.2 Å². The highest BCUT2D eigenvalue weighted by molar-refractivity contribution is 7.15. The van der Waals surface area contributed by atoms with Crippen molar-refractivity contribution in [1.29, 1.82) is 0 Å². The first-order chi connectivity index (χ1) is 18.8. The Balaban J connectivity index is 1.19. The van der Waals surface area contributed by atoms with E-state index in [9.17, 15) is 18.3 Å². The van der Waals surface area contributed by atoms with Gasteiger partial charge in [-0.15, -0.1) is 11.3 Å². The molecule has 2 saturated heterocycles. The van der Waals surface area contributed by atoms with Crippen LogP contribution < -0.4 is 5.32 Å². The van der Waals surface area contributed by atoms with E-state index in [0.717, 1.165) is 29.2 Å². The van der Waals surface area contributed by atoms with E-state index in [1.807, 2.05) is 24.3 Å². The average molecular weight is 554 g/mol. The molecule has 2 aliphatic rings. The first kappa shape index (κ1) is 25.9. The molecule has 4 heterocycles. The zero-order valence-corrected chi connectivity index (χ0v) is 21.6. The van der Waals surface area contributed by atoms with Crippen LogP contribution in [-0.2, 0) is 23.1 Å². The Hall–Kier alpha value is -3.38. The fourth-order valence-electron chi connectivity index (χ4n) is 5.35. The van der Waals surface area contributed by atoms with Crippen molar-refractivity contribution in [3.63, 3.8) is 0 Å². The molecular weight excluding hydrogens is 527 g/mol. The van der Waals surface area contributed by atoms with Crippen LogP contribution in [0, 0.1) is 0 Å². The number of aliphatic hydroxyl groups is 1. The van der Waals surface area contributed by atoms with Crippen LogP contribution in [0.3, 0.4) is 0 Å². The van der Waals surface area contributed by atoms with Gasteiger partial charge in [0.2, 0.25) is 5.95 Å². The predicted molar refractivity (Wildman–Crippen MR) is 141 cm³/mol. The third kappa shape index (κ3) is 5.53. The maximum Gasteiger partial charge on any atom is 0.433 e. The minimum absolute atomic E-state index is 0.0787. The molecule has 0 spiro atoms. The Labute approximate surface area is 227 Å². The normalized spacial score (nSPS) is 23.5. The molecule has 2 fully saturated rings. The Kier molecular flexibility index (Phi) is 6.84. The van der Waals surface area contributed by atoms with Crippen LogP contribution in [0.4, 0.5) is 24.8 Å². The topological polar surface area (TPSA) is 83.4 Å². The highest BCUT2D eigenvalue weighted by atomic mass is 32.1. The van der Waals surface area contributed by atoms with Gasteiger partial charge in [0.1, 0.15) is 16.3 Å². The van der Waals surface area contributed by atoms with Crippen LogP contribution in [0.15, 0.2) is 73.1 Å². The van der Waals surface area contributed by atoms with Gasteiger partial charge in [0.15, 0.2) is 0 Å². The molecule has 2 aromatic heterocycles. The second-order valence-corrected chi connectivity index (χ2v) is 11.0. The summed E-state index contributed by atoms with van der Waals surface area (Å²) in [7, 11) is 0. The number of nitrogens with zero attached hydrogens (tertiary/aromatic N) is 4. The lowest BCUT2D eigenvalue weighted by Gasteiger charge is -2.51. The zero-order chi connectivity index (χ0) is 27.0. The van der Waals surface area contributed by atoms with Crippen molar-refractivity contribution in [1.82, 2.24) is 19.9 Å². The van der Waals surface area contributed by atoms with Crippen molar-refractivity contribution in [3.05, 3.63) is 89.3 Å². The summed E-state index contributed by atoms with van der Waals surface area (Å²) in [6, 6.07) is 18.5. The lowest BCUT2D eigenvalue weighted by Crippen LogP contribution is -2.60. The van der Waals surface area contributed by atoms with Gasteiger partial charge < -0.3 is 15.2 Å². The van der Waals surface area contributed by atoms with Crippen molar-refractivity contribution >= 4 is 23.0 Å². The Bertz CT molecular complexity index is 1430. The number of nitrogens with one attached hydrogen (secondary N) is 1. The molecule has 0 aliphatic carbocycles. The van der Waals surface area contributed by atoms with E-state index in [1.54, 1.807) is 24.4 Å². The van der Waals surface area contributed by atoms with E-state index < -0.39 is 17.5 Å². The van der Waals surface area contributed by atoms with E-state index in [-0.39, 0.29) is 18.0 Å². The molecule has 2 unspecified atom stereocenters. The van der Waals surface area contributed by atoms with Crippen LogP contribution in [0.25, 0.3) is 10.4 Å². The number of fused-ring (bicyclic) bond motifs is 2. The first-order valence-corrected chi connectivity index (χ1v) is 13.4. The molecule has 6 rings (SSSR count). The molecule has 0 radical (unpaired) electrons. The second-order valence-electron chi connectivity index (χ2n) is 9.94. The first-order valence-electron chi connectivity index (χ1n) is 12.6. The van der Waals surface area contributed by atoms with E-state index in [2.05, 4.69) is 37.3 Å². The van der Waals surface area contributed by atoms with Crippen molar-refractivity contribution < 1.29 is 23.0 Å². The summed E-state index contributed by atoms with van der Waals surface area (Å²) in [6.07, 6.45) is -0.692. The van der Waals surface area contributed by atoms with Gasteiger partial charge in [-0.1, -0.05) is 42.5 Å². The van der Waals surface area contributed by atoms with Crippen LogP contribution in [0.1, 0.15) is 29.1 Å². The monoisotopic (exact) mass is 553 g/mol. The zero-order valence-electron chi connectivity index (χ0n) is 20.8. The molecule has 39 heavy (non-hydrogen) atoms. The largest absolute Gasteiger partial charge is 0.433 e. The molecule has 2 bridgehead atoms. The van der Waals surface area contributed by atoms with Crippen LogP contribution in [-0.4, -0.2) is 50.3 Å². The predicted octanol–water partition coefficient (Wildman–Crippen LogP) is 5.61. The Morgan fingerprint density at radius 3 is 2.54 bits per heavy atom. The van der Waals surface area contributed by atoms with Crippen molar-refractivity contribution in [2.75, 3.05) is 18.5 Å². The summed E-state index contributed by atoms with van der Waals surface area (Å²) in [4.78, 5) is 15.4. The number of morpholine rings is 1. The number of ether oxygens (including phenoxy) is 1. The molecule has 7 nitrogen and oxygen atoms in total. The number of rotatable bonds is 6.